The van der Waals surface area contributed by atoms with Gasteiger partial charge in [0.1, 0.15) is 17.2 Å². The van der Waals surface area contributed by atoms with Crippen LogP contribution in [0.5, 0.6) is 11.5 Å². The zero-order chi connectivity index (χ0) is 21.3. The minimum absolute atomic E-state index is 0.133. The van der Waals surface area contributed by atoms with E-state index in [4.69, 9.17) is 16.3 Å². The number of para-hydroxylation sites is 1. The second-order valence-electron chi connectivity index (χ2n) is 6.37. The summed E-state index contributed by atoms with van der Waals surface area (Å²) < 4.78 is 5.84. The summed E-state index contributed by atoms with van der Waals surface area (Å²) in [5, 5.41) is 5.92. The molecule has 0 unspecified atom stereocenters. The Morgan fingerprint density at radius 1 is 0.933 bits per heavy atom. The minimum Gasteiger partial charge on any atom is -0.457 e. The lowest BCUT2D eigenvalue weighted by molar-refractivity contribution is -0.117. The Bertz CT molecular complexity index is 1050. The summed E-state index contributed by atoms with van der Waals surface area (Å²) in [6.45, 7) is 2.25. The average Bonchev–Trinajstić information content (AvgIpc) is 2.75. The molecule has 2 N–H and O–H groups in total. The van der Waals surface area contributed by atoms with Gasteiger partial charge in [0, 0.05) is 17.1 Å². The number of amides is 2. The molecule has 0 spiro atoms. The van der Waals surface area contributed by atoms with Gasteiger partial charge in [0.2, 0.25) is 0 Å². The molecular formula is C24H21ClN2O3. The predicted octanol–water partition coefficient (Wildman–Crippen LogP) is 5.04. The molecule has 0 radical (unpaired) electrons. The number of likely N-dealkylation sites (N-methyl/N-ethyl adjacent to an activating group) is 1. The molecule has 3 rings (SSSR count). The monoisotopic (exact) mass is 420 g/mol. The Labute approximate surface area is 180 Å². The standard InChI is InChI=1S/C24H21ClN2O3/c1-2-26-24(29)22(27-23(28)18-11-13-19(25)14-12-18)16-17-7-6-10-21(15-17)30-20-8-4-3-5-9-20/h3-16H,2H2,1H3,(H,26,29)(H,27,28)/b22-16-. The van der Waals surface area contributed by atoms with E-state index in [9.17, 15) is 9.59 Å². The van der Waals surface area contributed by atoms with Crippen LogP contribution < -0.4 is 15.4 Å². The van der Waals surface area contributed by atoms with Gasteiger partial charge in [0.25, 0.3) is 11.8 Å². The Morgan fingerprint density at radius 3 is 2.33 bits per heavy atom. The molecule has 30 heavy (non-hydrogen) atoms. The first kappa shape index (κ1) is 21.1. The summed E-state index contributed by atoms with van der Waals surface area (Å²) >= 11 is 5.87. The number of carbonyl (C=O) groups is 2. The average molecular weight is 421 g/mol. The summed E-state index contributed by atoms with van der Waals surface area (Å²) in [7, 11) is 0. The maximum atomic E-state index is 12.6. The van der Waals surface area contributed by atoms with Crippen molar-refractivity contribution in [2.75, 3.05) is 6.54 Å². The first-order valence-electron chi connectivity index (χ1n) is 9.45. The molecule has 5 nitrogen and oxygen atoms in total. The molecule has 2 amide bonds. The van der Waals surface area contributed by atoms with E-state index in [2.05, 4.69) is 10.6 Å². The summed E-state index contributed by atoms with van der Waals surface area (Å²) in [6, 6.07) is 23.1. The molecule has 0 saturated heterocycles. The second-order valence-corrected chi connectivity index (χ2v) is 6.80. The Kier molecular flexibility index (Phi) is 7.24. The maximum Gasteiger partial charge on any atom is 0.267 e. The second kappa shape index (κ2) is 10.3. The molecule has 0 aromatic heterocycles. The van der Waals surface area contributed by atoms with Crippen LogP contribution in [0.1, 0.15) is 22.8 Å². The smallest absolute Gasteiger partial charge is 0.267 e. The molecule has 0 aliphatic carbocycles. The number of rotatable bonds is 7. The van der Waals surface area contributed by atoms with Crippen LogP contribution in [0.4, 0.5) is 0 Å². The topological polar surface area (TPSA) is 67.4 Å². The number of ether oxygens (including phenoxy) is 1. The SMILES string of the molecule is CCNC(=O)/C(=C/c1cccc(Oc2ccccc2)c1)NC(=O)c1ccc(Cl)cc1. The van der Waals surface area contributed by atoms with Crippen molar-refractivity contribution in [3.63, 3.8) is 0 Å². The van der Waals surface area contributed by atoms with Gasteiger partial charge in [0.15, 0.2) is 0 Å². The van der Waals surface area contributed by atoms with Crippen LogP contribution in [0, 0.1) is 0 Å². The van der Waals surface area contributed by atoms with Gasteiger partial charge < -0.3 is 15.4 Å². The van der Waals surface area contributed by atoms with Crippen LogP contribution >= 0.6 is 11.6 Å². The van der Waals surface area contributed by atoms with Gasteiger partial charge >= 0.3 is 0 Å². The van der Waals surface area contributed by atoms with E-state index in [1.807, 2.05) is 55.5 Å². The molecule has 0 bridgehead atoms. The third-order valence-electron chi connectivity index (χ3n) is 4.08. The van der Waals surface area contributed by atoms with E-state index in [1.54, 1.807) is 36.4 Å². The normalized spacial score (nSPS) is 10.9. The molecule has 6 heteroatoms. The third kappa shape index (κ3) is 5.96. The summed E-state index contributed by atoms with van der Waals surface area (Å²) in [5.41, 5.74) is 1.24. The summed E-state index contributed by atoms with van der Waals surface area (Å²) in [4.78, 5) is 25.1. The van der Waals surface area contributed by atoms with E-state index in [0.29, 0.717) is 34.2 Å². The number of hydrogen-bond donors (Lipinski definition) is 2. The molecule has 3 aromatic rings. The molecule has 0 aliphatic rings. The Balaban J connectivity index is 1.84. The molecule has 152 valence electrons. The maximum absolute atomic E-state index is 12.6. The van der Waals surface area contributed by atoms with Gasteiger partial charge in [-0.25, -0.2) is 0 Å². The first-order valence-corrected chi connectivity index (χ1v) is 9.82. The zero-order valence-corrected chi connectivity index (χ0v) is 17.1. The molecular weight excluding hydrogens is 400 g/mol. The fraction of sp³-hybridized carbons (Fsp3) is 0.0833. The lowest BCUT2D eigenvalue weighted by Gasteiger charge is -2.11. The largest absolute Gasteiger partial charge is 0.457 e. The lowest BCUT2D eigenvalue weighted by atomic mass is 10.1. The van der Waals surface area contributed by atoms with Gasteiger partial charge in [-0.2, -0.15) is 0 Å². The number of hydrogen-bond acceptors (Lipinski definition) is 3. The molecule has 3 aromatic carbocycles. The van der Waals surface area contributed by atoms with Crippen molar-refractivity contribution in [1.82, 2.24) is 10.6 Å². The Morgan fingerprint density at radius 2 is 1.63 bits per heavy atom. The Hall–Kier alpha value is -3.57. The van der Waals surface area contributed by atoms with Crippen molar-refractivity contribution < 1.29 is 14.3 Å². The van der Waals surface area contributed by atoms with E-state index in [0.717, 1.165) is 0 Å². The number of benzene rings is 3. The first-order chi connectivity index (χ1) is 14.5. The van der Waals surface area contributed by atoms with Crippen LogP contribution in [-0.4, -0.2) is 18.4 Å². The van der Waals surface area contributed by atoms with Crippen molar-refractivity contribution in [1.29, 1.82) is 0 Å². The van der Waals surface area contributed by atoms with E-state index in [1.165, 1.54) is 0 Å². The highest BCUT2D eigenvalue weighted by Crippen LogP contribution is 2.22. The van der Waals surface area contributed by atoms with Crippen LogP contribution in [-0.2, 0) is 4.79 Å². The highest BCUT2D eigenvalue weighted by atomic mass is 35.5. The van der Waals surface area contributed by atoms with Crippen LogP contribution in [0.25, 0.3) is 6.08 Å². The zero-order valence-electron chi connectivity index (χ0n) is 16.4. The highest BCUT2D eigenvalue weighted by molar-refractivity contribution is 6.30. The number of halogens is 1. The molecule has 0 atom stereocenters. The van der Waals surface area contributed by atoms with Gasteiger partial charge in [-0.05, 0) is 67.1 Å². The van der Waals surface area contributed by atoms with Crippen molar-refractivity contribution in [2.45, 2.75) is 6.92 Å². The van der Waals surface area contributed by atoms with E-state index >= 15 is 0 Å². The molecule has 0 saturated carbocycles. The number of carbonyl (C=O) groups excluding carboxylic acids is 2. The summed E-state index contributed by atoms with van der Waals surface area (Å²) in [6.07, 6.45) is 1.61. The van der Waals surface area contributed by atoms with Crippen LogP contribution in [0.2, 0.25) is 5.02 Å². The summed E-state index contributed by atoms with van der Waals surface area (Å²) in [5.74, 6) is 0.544. The fourth-order valence-corrected chi connectivity index (χ4v) is 2.80. The van der Waals surface area contributed by atoms with Crippen molar-refractivity contribution in [3.05, 3.63) is 101 Å². The van der Waals surface area contributed by atoms with Gasteiger partial charge in [-0.3, -0.25) is 9.59 Å². The van der Waals surface area contributed by atoms with Crippen molar-refractivity contribution in [3.8, 4) is 11.5 Å². The quantitative estimate of drug-likeness (QED) is 0.526. The third-order valence-corrected chi connectivity index (χ3v) is 4.34. The van der Waals surface area contributed by atoms with Crippen LogP contribution in [0.15, 0.2) is 84.6 Å². The molecule has 0 fully saturated rings. The van der Waals surface area contributed by atoms with Gasteiger partial charge in [-0.1, -0.05) is 41.9 Å². The van der Waals surface area contributed by atoms with E-state index < -0.39 is 5.91 Å². The number of nitrogens with one attached hydrogen (secondary N) is 2. The predicted molar refractivity (Wildman–Crippen MR) is 119 cm³/mol. The van der Waals surface area contributed by atoms with E-state index in [-0.39, 0.29) is 11.6 Å². The van der Waals surface area contributed by atoms with Crippen molar-refractivity contribution in [2.24, 2.45) is 0 Å². The fourth-order valence-electron chi connectivity index (χ4n) is 2.67. The van der Waals surface area contributed by atoms with Crippen LogP contribution in [0.3, 0.4) is 0 Å². The highest BCUT2D eigenvalue weighted by Gasteiger charge is 2.14. The molecule has 0 heterocycles. The molecule has 0 aliphatic heterocycles. The minimum atomic E-state index is -0.402. The van der Waals surface area contributed by atoms with Crippen molar-refractivity contribution >= 4 is 29.5 Å². The lowest BCUT2D eigenvalue weighted by Crippen LogP contribution is -2.34. The van der Waals surface area contributed by atoms with Gasteiger partial charge in [-0.15, -0.1) is 0 Å². The van der Waals surface area contributed by atoms with Gasteiger partial charge in [0.05, 0.1) is 0 Å².